The monoisotopic (exact) mass is 448 g/mol. The highest BCUT2D eigenvalue weighted by atomic mass is 32.2. The number of carbonyl (C=O) groups is 1. The minimum atomic E-state index is -3.62. The molecule has 0 radical (unpaired) electrons. The van der Waals surface area contributed by atoms with Crippen molar-refractivity contribution in [2.75, 3.05) is 19.7 Å². The molecule has 1 atom stereocenters. The molecule has 0 aliphatic carbocycles. The topological polar surface area (TPSA) is 112 Å². The van der Waals surface area contributed by atoms with Gasteiger partial charge in [0.05, 0.1) is 22.9 Å². The number of ether oxygens (including phenoxy) is 1. The average Bonchev–Trinajstić information content (AvgIpc) is 2.69. The van der Waals surface area contributed by atoms with Crippen LogP contribution in [0.4, 0.5) is 0 Å². The SMILES string of the molecule is CCCC(=N)C1=C(C)C(=O)NC(c2cc(S(=O)(=O)N3CC(CC)C3)ccc2OCC)N1. The van der Waals surface area contributed by atoms with Crippen LogP contribution < -0.4 is 15.4 Å². The third-order valence-corrected chi connectivity index (χ3v) is 7.64. The zero-order chi connectivity index (χ0) is 22.8. The number of nitrogens with zero attached hydrogens (tertiary/aromatic N) is 1. The highest BCUT2D eigenvalue weighted by molar-refractivity contribution is 7.89. The van der Waals surface area contributed by atoms with Crippen molar-refractivity contribution in [2.45, 2.75) is 58.0 Å². The van der Waals surface area contributed by atoms with Gasteiger partial charge in [0.15, 0.2) is 0 Å². The van der Waals surface area contributed by atoms with Crippen molar-refractivity contribution in [3.63, 3.8) is 0 Å². The highest BCUT2D eigenvalue weighted by Crippen LogP contribution is 2.33. The van der Waals surface area contributed by atoms with Crippen molar-refractivity contribution >= 4 is 21.6 Å². The van der Waals surface area contributed by atoms with Gasteiger partial charge in [-0.15, -0.1) is 0 Å². The lowest BCUT2D eigenvalue weighted by molar-refractivity contribution is -0.118. The second kappa shape index (κ2) is 9.40. The minimum Gasteiger partial charge on any atom is -0.493 e. The van der Waals surface area contributed by atoms with Gasteiger partial charge in [0, 0.05) is 24.2 Å². The van der Waals surface area contributed by atoms with Crippen molar-refractivity contribution in [1.82, 2.24) is 14.9 Å². The summed E-state index contributed by atoms with van der Waals surface area (Å²) in [4.78, 5) is 12.8. The fourth-order valence-corrected chi connectivity index (χ4v) is 5.44. The van der Waals surface area contributed by atoms with E-state index >= 15 is 0 Å². The molecule has 0 aromatic heterocycles. The smallest absolute Gasteiger partial charge is 0.250 e. The zero-order valence-corrected chi connectivity index (χ0v) is 19.4. The third-order valence-electron chi connectivity index (χ3n) is 5.81. The summed E-state index contributed by atoms with van der Waals surface area (Å²) in [6, 6.07) is 4.76. The number of allylic oxidation sites excluding steroid dienone is 1. The lowest BCUT2D eigenvalue weighted by atomic mass is 10.0. The van der Waals surface area contributed by atoms with Crippen LogP contribution >= 0.6 is 0 Å². The van der Waals surface area contributed by atoms with Crippen LogP contribution in [0.15, 0.2) is 34.4 Å². The number of nitrogens with one attached hydrogen (secondary N) is 3. The maximum Gasteiger partial charge on any atom is 0.250 e. The molecule has 1 unspecified atom stereocenters. The highest BCUT2D eigenvalue weighted by Gasteiger charge is 2.37. The van der Waals surface area contributed by atoms with E-state index in [9.17, 15) is 13.2 Å². The first-order chi connectivity index (χ1) is 14.7. The molecule has 2 heterocycles. The molecule has 0 bridgehead atoms. The van der Waals surface area contributed by atoms with E-state index in [-0.39, 0.29) is 10.8 Å². The third kappa shape index (κ3) is 4.62. The molecule has 2 aliphatic rings. The Kier molecular flexibility index (Phi) is 7.06. The molecule has 1 fully saturated rings. The molecule has 2 aliphatic heterocycles. The molecule has 31 heavy (non-hydrogen) atoms. The Hall–Kier alpha value is -2.39. The molecule has 1 aromatic carbocycles. The molecule has 0 saturated carbocycles. The summed E-state index contributed by atoms with van der Waals surface area (Å²) in [5.74, 6) is 0.607. The van der Waals surface area contributed by atoms with Crippen molar-refractivity contribution in [3.05, 3.63) is 35.0 Å². The molecule has 1 amide bonds. The van der Waals surface area contributed by atoms with Crippen LogP contribution in [0.25, 0.3) is 0 Å². The van der Waals surface area contributed by atoms with Gasteiger partial charge in [0.25, 0.3) is 5.91 Å². The van der Waals surface area contributed by atoms with E-state index in [1.54, 1.807) is 25.1 Å². The number of benzene rings is 1. The lowest BCUT2D eigenvalue weighted by Crippen LogP contribution is -2.49. The molecule has 3 N–H and O–H groups in total. The summed E-state index contributed by atoms with van der Waals surface area (Å²) in [5.41, 5.74) is 1.81. The predicted molar refractivity (Wildman–Crippen MR) is 120 cm³/mol. The van der Waals surface area contributed by atoms with Gasteiger partial charge in [0.1, 0.15) is 11.9 Å². The number of rotatable bonds is 9. The summed E-state index contributed by atoms with van der Waals surface area (Å²) in [5, 5.41) is 14.4. The molecular weight excluding hydrogens is 416 g/mol. The Bertz CT molecular complexity index is 997. The van der Waals surface area contributed by atoms with Gasteiger partial charge in [-0.2, -0.15) is 4.31 Å². The molecule has 1 aromatic rings. The van der Waals surface area contributed by atoms with Crippen molar-refractivity contribution < 1.29 is 17.9 Å². The molecule has 1 saturated heterocycles. The zero-order valence-electron chi connectivity index (χ0n) is 18.6. The first kappa shape index (κ1) is 23.3. The number of hydrogen-bond donors (Lipinski definition) is 3. The maximum absolute atomic E-state index is 13.1. The standard InChI is InChI=1S/C22H32N4O4S/c1-5-8-18(23)20-14(4)22(27)25-21(24-20)17-11-16(9-10-19(17)30-7-3)31(28,29)26-12-15(6-2)13-26/h9-11,15,21,23-24H,5-8,12-13H2,1-4H3,(H,25,27). The van der Waals surface area contributed by atoms with Gasteiger partial charge in [-0.3, -0.25) is 4.79 Å². The van der Waals surface area contributed by atoms with E-state index in [0.29, 0.717) is 60.3 Å². The van der Waals surface area contributed by atoms with Crippen LogP contribution in [0.5, 0.6) is 5.75 Å². The van der Waals surface area contributed by atoms with Gasteiger partial charge >= 0.3 is 0 Å². The number of amides is 1. The minimum absolute atomic E-state index is 0.174. The molecule has 0 spiro atoms. The first-order valence-electron chi connectivity index (χ1n) is 10.9. The molecule has 3 rings (SSSR count). The van der Waals surface area contributed by atoms with Crippen LogP contribution in [0, 0.1) is 11.3 Å². The van der Waals surface area contributed by atoms with E-state index in [0.717, 1.165) is 12.8 Å². The predicted octanol–water partition coefficient (Wildman–Crippen LogP) is 2.93. The second-order valence-electron chi connectivity index (χ2n) is 8.01. The van der Waals surface area contributed by atoms with Gasteiger partial charge < -0.3 is 20.8 Å². The Morgan fingerprint density at radius 3 is 2.55 bits per heavy atom. The van der Waals surface area contributed by atoms with E-state index < -0.39 is 16.2 Å². The molecule has 170 valence electrons. The fraction of sp³-hybridized carbons (Fsp3) is 0.545. The number of sulfonamides is 1. The normalized spacial score (nSPS) is 20.1. The van der Waals surface area contributed by atoms with E-state index in [1.807, 2.05) is 13.8 Å². The van der Waals surface area contributed by atoms with Crippen LogP contribution in [-0.4, -0.2) is 44.0 Å². The Balaban J connectivity index is 1.97. The van der Waals surface area contributed by atoms with Crippen molar-refractivity contribution in [1.29, 1.82) is 5.41 Å². The average molecular weight is 449 g/mol. The molecule has 8 nitrogen and oxygen atoms in total. The van der Waals surface area contributed by atoms with Gasteiger partial charge in [-0.25, -0.2) is 8.42 Å². The Labute approximate surface area is 184 Å². The quantitative estimate of drug-likeness (QED) is 0.503. The van der Waals surface area contributed by atoms with Crippen LogP contribution in [0.2, 0.25) is 0 Å². The van der Waals surface area contributed by atoms with Crippen LogP contribution in [-0.2, 0) is 14.8 Å². The number of hydrogen-bond acceptors (Lipinski definition) is 6. The largest absolute Gasteiger partial charge is 0.493 e. The van der Waals surface area contributed by atoms with Crippen LogP contribution in [0.3, 0.4) is 0 Å². The second-order valence-corrected chi connectivity index (χ2v) is 9.95. The summed E-state index contributed by atoms with van der Waals surface area (Å²) in [6.07, 6.45) is 1.59. The Morgan fingerprint density at radius 1 is 1.23 bits per heavy atom. The van der Waals surface area contributed by atoms with Gasteiger partial charge in [0.2, 0.25) is 10.0 Å². The Morgan fingerprint density at radius 2 is 1.94 bits per heavy atom. The van der Waals surface area contributed by atoms with E-state index in [4.69, 9.17) is 10.1 Å². The van der Waals surface area contributed by atoms with Gasteiger partial charge in [-0.05, 0) is 44.4 Å². The number of carbonyl (C=O) groups excluding carboxylic acids is 1. The summed E-state index contributed by atoms with van der Waals surface area (Å²) < 4.78 is 33.4. The molecule has 9 heteroatoms. The summed E-state index contributed by atoms with van der Waals surface area (Å²) >= 11 is 0. The molecular formula is C22H32N4O4S. The summed E-state index contributed by atoms with van der Waals surface area (Å²) in [7, 11) is -3.62. The lowest BCUT2D eigenvalue weighted by Gasteiger charge is -2.37. The fourth-order valence-electron chi connectivity index (χ4n) is 3.81. The van der Waals surface area contributed by atoms with Crippen LogP contribution in [0.1, 0.15) is 58.7 Å². The van der Waals surface area contributed by atoms with E-state index in [2.05, 4.69) is 17.6 Å². The maximum atomic E-state index is 13.1. The van der Waals surface area contributed by atoms with E-state index in [1.165, 1.54) is 4.31 Å². The van der Waals surface area contributed by atoms with Crippen molar-refractivity contribution in [2.24, 2.45) is 5.92 Å². The summed E-state index contributed by atoms with van der Waals surface area (Å²) in [6.45, 7) is 9.02. The first-order valence-corrected chi connectivity index (χ1v) is 12.3. The van der Waals surface area contributed by atoms with Gasteiger partial charge in [-0.1, -0.05) is 26.7 Å². The van der Waals surface area contributed by atoms with Crippen molar-refractivity contribution in [3.8, 4) is 5.75 Å².